The lowest BCUT2D eigenvalue weighted by Gasteiger charge is -2.17. The van der Waals surface area contributed by atoms with Crippen molar-refractivity contribution in [3.63, 3.8) is 0 Å². The number of anilines is 1. The van der Waals surface area contributed by atoms with Gasteiger partial charge in [-0.25, -0.2) is 0 Å². The van der Waals surface area contributed by atoms with Crippen LogP contribution in [-0.2, 0) is 29.0 Å². The third-order valence-corrected chi connectivity index (χ3v) is 7.35. The Morgan fingerprint density at radius 2 is 1.84 bits per heavy atom. The number of aromatic nitrogens is 3. The number of amides is 2. The molecule has 0 fully saturated rings. The van der Waals surface area contributed by atoms with Crippen molar-refractivity contribution in [2.75, 3.05) is 24.3 Å². The van der Waals surface area contributed by atoms with Crippen molar-refractivity contribution in [3.05, 3.63) is 95.3 Å². The summed E-state index contributed by atoms with van der Waals surface area (Å²) in [6.07, 6.45) is 1.11. The molecule has 0 bridgehead atoms. The SMILES string of the molecule is COc1ccc(CC(=O)NCc2nnc(SCC(=O)N3CCc4ccccc43)n2-c2cccc(C)c2)cc1. The summed E-state index contributed by atoms with van der Waals surface area (Å²) in [5.74, 6) is 1.50. The lowest BCUT2D eigenvalue weighted by molar-refractivity contribution is -0.120. The van der Waals surface area contributed by atoms with Gasteiger partial charge in [0.1, 0.15) is 5.75 Å². The van der Waals surface area contributed by atoms with E-state index < -0.39 is 0 Å². The zero-order valence-corrected chi connectivity index (χ0v) is 22.2. The van der Waals surface area contributed by atoms with Crippen molar-refractivity contribution in [2.45, 2.75) is 31.5 Å². The van der Waals surface area contributed by atoms with Crippen molar-refractivity contribution >= 4 is 29.3 Å². The minimum atomic E-state index is -0.119. The van der Waals surface area contributed by atoms with Crippen LogP contribution in [0.25, 0.3) is 5.69 Å². The number of aryl methyl sites for hydroxylation is 1. The molecule has 0 spiro atoms. The molecule has 1 aromatic heterocycles. The van der Waals surface area contributed by atoms with Crippen LogP contribution in [-0.4, -0.2) is 46.0 Å². The standard InChI is InChI=1S/C29H29N5O3S/c1-20-6-5-8-23(16-20)34-26(18-30-27(35)17-21-10-12-24(37-2)13-11-21)31-32-29(34)38-19-28(36)33-15-14-22-7-3-4-9-25(22)33/h3-13,16H,14-15,17-19H2,1-2H3,(H,30,35). The molecule has 0 unspecified atom stereocenters. The van der Waals surface area contributed by atoms with Crippen molar-refractivity contribution in [1.29, 1.82) is 0 Å². The highest BCUT2D eigenvalue weighted by Crippen LogP contribution is 2.29. The van der Waals surface area contributed by atoms with Gasteiger partial charge in [-0.2, -0.15) is 0 Å². The quantitative estimate of drug-likeness (QED) is 0.330. The number of carbonyl (C=O) groups is 2. The van der Waals surface area contributed by atoms with Gasteiger partial charge in [-0.3, -0.25) is 14.2 Å². The highest BCUT2D eigenvalue weighted by atomic mass is 32.2. The number of hydrogen-bond acceptors (Lipinski definition) is 6. The van der Waals surface area contributed by atoms with Gasteiger partial charge in [-0.15, -0.1) is 10.2 Å². The Hall–Kier alpha value is -4.11. The van der Waals surface area contributed by atoms with E-state index in [0.29, 0.717) is 17.5 Å². The molecule has 8 nitrogen and oxygen atoms in total. The summed E-state index contributed by atoms with van der Waals surface area (Å²) in [5, 5.41) is 12.3. The first-order valence-corrected chi connectivity index (χ1v) is 13.4. The maximum Gasteiger partial charge on any atom is 0.237 e. The number of hydrogen-bond donors (Lipinski definition) is 1. The van der Waals surface area contributed by atoms with E-state index in [4.69, 9.17) is 4.74 Å². The molecule has 1 aliphatic heterocycles. The van der Waals surface area contributed by atoms with E-state index in [-0.39, 0.29) is 30.5 Å². The smallest absolute Gasteiger partial charge is 0.237 e. The summed E-state index contributed by atoms with van der Waals surface area (Å²) in [7, 11) is 1.61. The number of ether oxygens (including phenoxy) is 1. The maximum atomic E-state index is 13.1. The lowest BCUT2D eigenvalue weighted by Crippen LogP contribution is -2.30. The Labute approximate surface area is 226 Å². The average Bonchev–Trinajstić information content (AvgIpc) is 3.55. The Kier molecular flexibility index (Phi) is 7.74. The van der Waals surface area contributed by atoms with Crippen molar-refractivity contribution in [3.8, 4) is 11.4 Å². The molecule has 2 amide bonds. The van der Waals surface area contributed by atoms with Crippen molar-refractivity contribution in [2.24, 2.45) is 0 Å². The molecule has 1 N–H and O–H groups in total. The summed E-state index contributed by atoms with van der Waals surface area (Å²) in [4.78, 5) is 27.6. The molecule has 194 valence electrons. The maximum absolute atomic E-state index is 13.1. The molecule has 0 saturated carbocycles. The van der Waals surface area contributed by atoms with E-state index >= 15 is 0 Å². The van der Waals surface area contributed by atoms with Gasteiger partial charge < -0.3 is 15.0 Å². The largest absolute Gasteiger partial charge is 0.497 e. The molecule has 1 aliphatic rings. The van der Waals surface area contributed by atoms with Crippen molar-refractivity contribution in [1.82, 2.24) is 20.1 Å². The van der Waals surface area contributed by atoms with Crippen LogP contribution < -0.4 is 15.0 Å². The minimum Gasteiger partial charge on any atom is -0.497 e. The van der Waals surface area contributed by atoms with E-state index in [0.717, 1.165) is 34.7 Å². The number of nitrogens with zero attached hydrogens (tertiary/aromatic N) is 4. The topological polar surface area (TPSA) is 89.3 Å². The second-order valence-electron chi connectivity index (χ2n) is 9.09. The molecule has 5 rings (SSSR count). The van der Waals surface area contributed by atoms with Crippen LogP contribution in [0.1, 0.15) is 22.5 Å². The third kappa shape index (κ3) is 5.73. The molecular weight excluding hydrogens is 498 g/mol. The van der Waals surface area contributed by atoms with E-state index in [1.165, 1.54) is 17.3 Å². The summed E-state index contributed by atoms with van der Waals surface area (Å²) < 4.78 is 7.09. The molecule has 9 heteroatoms. The molecular formula is C29H29N5O3S. The zero-order chi connectivity index (χ0) is 26.5. The average molecular weight is 528 g/mol. The normalized spacial score (nSPS) is 12.3. The highest BCUT2D eigenvalue weighted by molar-refractivity contribution is 7.99. The van der Waals surface area contributed by atoms with Gasteiger partial charge in [0, 0.05) is 17.9 Å². The molecule has 2 heterocycles. The van der Waals surface area contributed by atoms with Crippen LogP contribution >= 0.6 is 11.8 Å². The Morgan fingerprint density at radius 1 is 1.03 bits per heavy atom. The monoisotopic (exact) mass is 527 g/mol. The van der Waals surface area contributed by atoms with Crippen LogP contribution in [0.5, 0.6) is 5.75 Å². The molecule has 0 atom stereocenters. The Balaban J connectivity index is 1.29. The van der Waals surface area contributed by atoms with E-state index in [2.05, 4.69) is 21.6 Å². The zero-order valence-electron chi connectivity index (χ0n) is 21.4. The molecule has 0 aliphatic carbocycles. The van der Waals surface area contributed by atoms with Gasteiger partial charge in [0.15, 0.2) is 11.0 Å². The number of thioether (sulfide) groups is 1. The van der Waals surface area contributed by atoms with Gasteiger partial charge in [0.2, 0.25) is 11.8 Å². The highest BCUT2D eigenvalue weighted by Gasteiger charge is 2.25. The number of fused-ring (bicyclic) bond motifs is 1. The molecule has 4 aromatic rings. The first-order chi connectivity index (χ1) is 18.5. The summed E-state index contributed by atoms with van der Waals surface area (Å²) in [6, 6.07) is 23.4. The molecule has 3 aromatic carbocycles. The van der Waals surface area contributed by atoms with Gasteiger partial charge in [0.05, 0.1) is 25.8 Å². The molecule has 0 saturated heterocycles. The predicted octanol–water partition coefficient (Wildman–Crippen LogP) is 4.12. The number of nitrogens with one attached hydrogen (secondary N) is 1. The van der Waals surface area contributed by atoms with Crippen LogP contribution in [0.2, 0.25) is 0 Å². The fraction of sp³-hybridized carbons (Fsp3) is 0.241. The predicted molar refractivity (Wildman–Crippen MR) is 148 cm³/mol. The van der Waals surface area contributed by atoms with Gasteiger partial charge in [0.25, 0.3) is 0 Å². The van der Waals surface area contributed by atoms with Crippen LogP contribution in [0.15, 0.2) is 78.0 Å². The van der Waals surface area contributed by atoms with E-state index in [9.17, 15) is 9.59 Å². The van der Waals surface area contributed by atoms with Gasteiger partial charge in [-0.1, -0.05) is 54.2 Å². The summed E-state index contributed by atoms with van der Waals surface area (Å²) >= 11 is 1.35. The number of rotatable bonds is 9. The summed E-state index contributed by atoms with van der Waals surface area (Å²) in [5.41, 5.74) is 5.05. The van der Waals surface area contributed by atoms with Crippen LogP contribution in [0, 0.1) is 6.92 Å². The van der Waals surface area contributed by atoms with E-state index in [1.807, 2.05) is 83.1 Å². The van der Waals surface area contributed by atoms with E-state index in [1.54, 1.807) is 7.11 Å². The first-order valence-electron chi connectivity index (χ1n) is 12.4. The Morgan fingerprint density at radius 3 is 2.63 bits per heavy atom. The number of carbonyl (C=O) groups excluding carboxylic acids is 2. The van der Waals surface area contributed by atoms with Gasteiger partial charge in [-0.05, 0) is 60.4 Å². The first kappa shape index (κ1) is 25.5. The number of benzene rings is 3. The van der Waals surface area contributed by atoms with Gasteiger partial charge >= 0.3 is 0 Å². The minimum absolute atomic E-state index is 0.0353. The second kappa shape index (κ2) is 11.5. The Bertz CT molecular complexity index is 1450. The number of para-hydroxylation sites is 1. The lowest BCUT2D eigenvalue weighted by atomic mass is 10.1. The fourth-order valence-electron chi connectivity index (χ4n) is 4.51. The molecule has 38 heavy (non-hydrogen) atoms. The number of methoxy groups -OCH3 is 1. The summed E-state index contributed by atoms with van der Waals surface area (Å²) in [6.45, 7) is 2.92. The third-order valence-electron chi connectivity index (χ3n) is 6.44. The van der Waals surface area contributed by atoms with Crippen LogP contribution in [0.4, 0.5) is 5.69 Å². The fourth-order valence-corrected chi connectivity index (χ4v) is 5.35. The molecule has 0 radical (unpaired) electrons. The van der Waals surface area contributed by atoms with Crippen LogP contribution in [0.3, 0.4) is 0 Å². The van der Waals surface area contributed by atoms with Crippen molar-refractivity contribution < 1.29 is 14.3 Å². The second-order valence-corrected chi connectivity index (χ2v) is 10.0.